The molecule has 0 aliphatic carbocycles. The number of nitro groups is 1. The van der Waals surface area contributed by atoms with E-state index < -0.39 is 22.7 Å². The van der Waals surface area contributed by atoms with Crippen LogP contribution in [0.5, 0.6) is 5.75 Å². The Labute approximate surface area is 202 Å². The minimum atomic E-state index is -0.960. The zero-order valence-electron chi connectivity index (χ0n) is 19.6. The Bertz CT molecular complexity index is 1190. The van der Waals surface area contributed by atoms with E-state index in [1.807, 2.05) is 0 Å². The van der Waals surface area contributed by atoms with Crippen molar-refractivity contribution in [1.29, 1.82) is 0 Å². The molecule has 0 aromatic heterocycles. The fourth-order valence-electron chi connectivity index (χ4n) is 4.52. The summed E-state index contributed by atoms with van der Waals surface area (Å²) in [6.45, 7) is 5.11. The first-order chi connectivity index (χ1) is 16.8. The number of morpholine rings is 1. The first-order valence-corrected chi connectivity index (χ1v) is 11.3. The molecule has 10 nitrogen and oxygen atoms in total. The number of rotatable bonds is 7. The van der Waals surface area contributed by atoms with Crippen LogP contribution in [-0.2, 0) is 14.3 Å². The number of amides is 1. The molecule has 2 aromatic carbocycles. The van der Waals surface area contributed by atoms with Gasteiger partial charge in [0.1, 0.15) is 11.5 Å². The summed E-state index contributed by atoms with van der Waals surface area (Å²) in [7, 11) is 1.53. The highest BCUT2D eigenvalue weighted by atomic mass is 16.6. The zero-order valence-corrected chi connectivity index (χ0v) is 19.6. The SMILES string of the molecule is COc1ccc(C(O)=C2C(=O)C(=O)N(CCN3CCOCC3)[C@H]2c2cccc([N+](=O)[O-])c2)cc1C. The minimum Gasteiger partial charge on any atom is -0.507 e. The molecule has 35 heavy (non-hydrogen) atoms. The maximum absolute atomic E-state index is 13.2. The van der Waals surface area contributed by atoms with Crippen molar-refractivity contribution in [2.75, 3.05) is 46.5 Å². The highest BCUT2D eigenvalue weighted by molar-refractivity contribution is 6.46. The molecule has 2 aliphatic rings. The van der Waals surface area contributed by atoms with Crippen LogP contribution in [0.25, 0.3) is 5.76 Å². The van der Waals surface area contributed by atoms with Crippen LogP contribution < -0.4 is 4.74 Å². The number of aliphatic hydroxyl groups excluding tert-OH is 1. The second kappa shape index (κ2) is 10.2. The molecule has 2 fully saturated rings. The van der Waals surface area contributed by atoms with E-state index in [4.69, 9.17) is 9.47 Å². The molecule has 0 saturated carbocycles. The van der Waals surface area contributed by atoms with Gasteiger partial charge < -0.3 is 19.5 Å². The third-order valence-electron chi connectivity index (χ3n) is 6.37. The standard InChI is InChI=1S/C25H27N3O7/c1-16-14-18(6-7-20(16)34-2)23(29)21-22(17-4-3-5-19(15-17)28(32)33)27(25(31)24(21)30)9-8-26-10-12-35-13-11-26/h3-7,14-15,22,29H,8-13H2,1-2H3/t22-/m0/s1. The quantitative estimate of drug-likeness (QED) is 0.211. The summed E-state index contributed by atoms with van der Waals surface area (Å²) >= 11 is 0. The van der Waals surface area contributed by atoms with Gasteiger partial charge in [-0.25, -0.2) is 0 Å². The number of methoxy groups -OCH3 is 1. The summed E-state index contributed by atoms with van der Waals surface area (Å²) in [5.41, 5.74) is 1.21. The molecule has 2 aromatic rings. The molecule has 1 N–H and O–H groups in total. The molecule has 0 bridgehead atoms. The number of aryl methyl sites for hydroxylation is 1. The van der Waals surface area contributed by atoms with Gasteiger partial charge in [0.2, 0.25) is 0 Å². The molecule has 2 heterocycles. The van der Waals surface area contributed by atoms with E-state index in [1.165, 1.54) is 30.2 Å². The number of likely N-dealkylation sites (tertiary alicyclic amines) is 1. The van der Waals surface area contributed by atoms with Crippen molar-refractivity contribution in [3.63, 3.8) is 0 Å². The second-order valence-corrected chi connectivity index (χ2v) is 8.48. The van der Waals surface area contributed by atoms with Crippen molar-refractivity contribution in [2.24, 2.45) is 0 Å². The Kier molecular flexibility index (Phi) is 7.13. The molecular formula is C25H27N3O7. The fourth-order valence-corrected chi connectivity index (χ4v) is 4.52. The van der Waals surface area contributed by atoms with Gasteiger partial charge in [0, 0.05) is 43.9 Å². The van der Waals surface area contributed by atoms with Crippen molar-refractivity contribution >= 4 is 23.1 Å². The molecule has 2 aliphatic heterocycles. The highest BCUT2D eigenvalue weighted by Gasteiger charge is 2.46. The Morgan fingerprint density at radius 2 is 1.91 bits per heavy atom. The fraction of sp³-hybridized carbons (Fsp3) is 0.360. The molecule has 0 spiro atoms. The lowest BCUT2D eigenvalue weighted by Crippen LogP contribution is -2.42. The third kappa shape index (κ3) is 4.89. The molecule has 0 unspecified atom stereocenters. The van der Waals surface area contributed by atoms with Gasteiger partial charge in [-0.3, -0.25) is 24.6 Å². The van der Waals surface area contributed by atoms with Crippen molar-refractivity contribution < 1.29 is 29.1 Å². The van der Waals surface area contributed by atoms with E-state index in [2.05, 4.69) is 4.90 Å². The lowest BCUT2D eigenvalue weighted by Gasteiger charge is -2.31. The summed E-state index contributed by atoms with van der Waals surface area (Å²) in [6.07, 6.45) is 0. The average molecular weight is 482 g/mol. The van der Waals surface area contributed by atoms with Gasteiger partial charge in [0.15, 0.2) is 0 Å². The van der Waals surface area contributed by atoms with Crippen molar-refractivity contribution in [3.05, 3.63) is 74.8 Å². The molecule has 1 amide bonds. The monoisotopic (exact) mass is 481 g/mol. The number of carbonyl (C=O) groups excluding carboxylic acids is 2. The first-order valence-electron chi connectivity index (χ1n) is 11.3. The van der Waals surface area contributed by atoms with E-state index in [-0.39, 0.29) is 23.6 Å². The lowest BCUT2D eigenvalue weighted by atomic mass is 9.94. The van der Waals surface area contributed by atoms with Gasteiger partial charge >= 0.3 is 0 Å². The maximum atomic E-state index is 13.2. The van der Waals surface area contributed by atoms with Crippen molar-refractivity contribution in [2.45, 2.75) is 13.0 Å². The number of non-ortho nitro benzene ring substituents is 1. The first kappa shape index (κ1) is 24.4. The number of hydrogen-bond acceptors (Lipinski definition) is 8. The number of Topliss-reactive ketones (excluding diaryl/α,β-unsaturated/α-hetero) is 1. The Morgan fingerprint density at radius 1 is 1.17 bits per heavy atom. The molecule has 10 heteroatoms. The van der Waals surface area contributed by atoms with Gasteiger partial charge in [-0.2, -0.15) is 0 Å². The summed E-state index contributed by atoms with van der Waals surface area (Å²) in [4.78, 5) is 40.7. The molecule has 4 rings (SSSR count). The van der Waals surface area contributed by atoms with Gasteiger partial charge in [0.05, 0.1) is 36.9 Å². The van der Waals surface area contributed by atoms with E-state index in [9.17, 15) is 24.8 Å². The third-order valence-corrected chi connectivity index (χ3v) is 6.37. The number of carbonyl (C=O) groups is 2. The second-order valence-electron chi connectivity index (χ2n) is 8.48. The number of ketones is 1. The molecule has 1 atom stereocenters. The van der Waals surface area contributed by atoms with Crippen LogP contribution in [0.3, 0.4) is 0 Å². The van der Waals surface area contributed by atoms with Crippen molar-refractivity contribution in [1.82, 2.24) is 9.80 Å². The smallest absolute Gasteiger partial charge is 0.295 e. The van der Waals surface area contributed by atoms with E-state index >= 15 is 0 Å². The average Bonchev–Trinajstić information content (AvgIpc) is 3.12. The van der Waals surface area contributed by atoms with Crippen LogP contribution in [0, 0.1) is 17.0 Å². The maximum Gasteiger partial charge on any atom is 0.295 e. The van der Waals surface area contributed by atoms with Gasteiger partial charge in [-0.1, -0.05) is 12.1 Å². The number of benzene rings is 2. The number of nitrogens with zero attached hydrogens (tertiary/aromatic N) is 3. The number of ether oxygens (including phenoxy) is 2. The van der Waals surface area contributed by atoms with Crippen LogP contribution in [0.15, 0.2) is 48.0 Å². The molecular weight excluding hydrogens is 454 g/mol. The number of hydrogen-bond donors (Lipinski definition) is 1. The number of nitro benzene ring substituents is 1. The normalized spacial score (nSPS) is 20.3. The minimum absolute atomic E-state index is 0.0953. The predicted octanol–water partition coefficient (Wildman–Crippen LogP) is 2.67. The summed E-state index contributed by atoms with van der Waals surface area (Å²) in [6, 6.07) is 9.79. The van der Waals surface area contributed by atoms with Crippen LogP contribution in [-0.4, -0.2) is 78.0 Å². The summed E-state index contributed by atoms with van der Waals surface area (Å²) in [5.74, 6) is -1.29. The van der Waals surface area contributed by atoms with E-state index in [0.29, 0.717) is 49.7 Å². The zero-order chi connectivity index (χ0) is 25.1. The van der Waals surface area contributed by atoms with Gasteiger partial charge in [0.25, 0.3) is 17.4 Å². The van der Waals surface area contributed by atoms with Crippen LogP contribution in [0.1, 0.15) is 22.7 Å². The Morgan fingerprint density at radius 3 is 2.57 bits per heavy atom. The topological polar surface area (TPSA) is 122 Å². The van der Waals surface area contributed by atoms with Gasteiger partial charge in [-0.05, 0) is 36.2 Å². The van der Waals surface area contributed by atoms with Crippen molar-refractivity contribution in [3.8, 4) is 5.75 Å². The van der Waals surface area contributed by atoms with Crippen LogP contribution in [0.2, 0.25) is 0 Å². The predicted molar refractivity (Wildman–Crippen MR) is 127 cm³/mol. The largest absolute Gasteiger partial charge is 0.507 e. The lowest BCUT2D eigenvalue weighted by molar-refractivity contribution is -0.384. The Balaban J connectivity index is 1.78. The van der Waals surface area contributed by atoms with Crippen LogP contribution >= 0.6 is 0 Å². The summed E-state index contributed by atoms with van der Waals surface area (Å²) < 4.78 is 10.6. The Hall–Kier alpha value is -3.76. The summed E-state index contributed by atoms with van der Waals surface area (Å²) in [5, 5.41) is 22.6. The van der Waals surface area contributed by atoms with Gasteiger partial charge in [-0.15, -0.1) is 0 Å². The van der Waals surface area contributed by atoms with Crippen LogP contribution in [0.4, 0.5) is 5.69 Å². The molecule has 0 radical (unpaired) electrons. The number of aliphatic hydroxyl groups is 1. The molecule has 184 valence electrons. The van der Waals surface area contributed by atoms with E-state index in [1.54, 1.807) is 31.2 Å². The van der Waals surface area contributed by atoms with E-state index in [0.717, 1.165) is 5.56 Å². The molecule has 2 saturated heterocycles. The highest BCUT2D eigenvalue weighted by Crippen LogP contribution is 2.40.